The fourth-order valence-electron chi connectivity index (χ4n) is 1.82. The van der Waals surface area contributed by atoms with Crippen molar-refractivity contribution in [2.75, 3.05) is 6.61 Å². The lowest BCUT2D eigenvalue weighted by Crippen LogP contribution is -2.42. The molecular formula is C14H22FNO2. The van der Waals surface area contributed by atoms with Gasteiger partial charge in [-0.3, -0.25) is 0 Å². The SMILES string of the molecule is Cc1cc(OC(CO)C(N)CC(C)C)ccc1F. The molecular weight excluding hydrogens is 233 g/mol. The van der Waals surface area contributed by atoms with Gasteiger partial charge in [-0.05, 0) is 43.0 Å². The first-order chi connectivity index (χ1) is 8.43. The van der Waals surface area contributed by atoms with E-state index in [9.17, 15) is 9.50 Å². The van der Waals surface area contributed by atoms with Crippen molar-refractivity contribution in [2.24, 2.45) is 11.7 Å². The molecule has 0 aliphatic carbocycles. The minimum absolute atomic E-state index is 0.149. The van der Waals surface area contributed by atoms with Crippen LogP contribution in [-0.4, -0.2) is 23.9 Å². The lowest BCUT2D eigenvalue weighted by atomic mass is 10.0. The van der Waals surface area contributed by atoms with E-state index in [2.05, 4.69) is 13.8 Å². The van der Waals surface area contributed by atoms with Gasteiger partial charge in [0.1, 0.15) is 17.7 Å². The summed E-state index contributed by atoms with van der Waals surface area (Å²) < 4.78 is 18.7. The van der Waals surface area contributed by atoms with Crippen LogP contribution in [0, 0.1) is 18.7 Å². The molecule has 1 aromatic rings. The fourth-order valence-corrected chi connectivity index (χ4v) is 1.82. The van der Waals surface area contributed by atoms with Gasteiger partial charge in [0.25, 0.3) is 0 Å². The molecule has 0 amide bonds. The van der Waals surface area contributed by atoms with E-state index in [-0.39, 0.29) is 18.5 Å². The predicted octanol–water partition coefficient (Wildman–Crippen LogP) is 2.25. The molecule has 0 saturated carbocycles. The molecule has 1 aromatic carbocycles. The molecule has 102 valence electrons. The third kappa shape index (κ3) is 4.27. The first-order valence-electron chi connectivity index (χ1n) is 6.23. The van der Waals surface area contributed by atoms with Crippen LogP contribution in [0.4, 0.5) is 4.39 Å². The molecule has 0 aromatic heterocycles. The highest BCUT2D eigenvalue weighted by Crippen LogP contribution is 2.19. The Morgan fingerprint density at radius 1 is 1.39 bits per heavy atom. The number of hydrogen-bond donors (Lipinski definition) is 2. The van der Waals surface area contributed by atoms with E-state index in [1.54, 1.807) is 19.1 Å². The number of aliphatic hydroxyl groups is 1. The molecule has 1 rings (SSSR count). The van der Waals surface area contributed by atoms with Crippen LogP contribution in [0.5, 0.6) is 5.75 Å². The summed E-state index contributed by atoms with van der Waals surface area (Å²) in [5.74, 6) is 0.703. The van der Waals surface area contributed by atoms with Crippen LogP contribution in [0.2, 0.25) is 0 Å². The van der Waals surface area contributed by atoms with Crippen LogP contribution in [-0.2, 0) is 0 Å². The molecule has 0 aliphatic heterocycles. The van der Waals surface area contributed by atoms with Gasteiger partial charge in [0.2, 0.25) is 0 Å². The summed E-state index contributed by atoms with van der Waals surface area (Å²) in [5, 5.41) is 9.32. The lowest BCUT2D eigenvalue weighted by Gasteiger charge is -2.24. The molecule has 0 radical (unpaired) electrons. The van der Waals surface area contributed by atoms with E-state index in [4.69, 9.17) is 10.5 Å². The Bertz CT molecular complexity index is 382. The van der Waals surface area contributed by atoms with Gasteiger partial charge in [0.15, 0.2) is 0 Å². The molecule has 0 spiro atoms. The molecule has 0 bridgehead atoms. The summed E-state index contributed by atoms with van der Waals surface area (Å²) in [6.45, 7) is 5.65. The molecule has 3 nitrogen and oxygen atoms in total. The Hall–Kier alpha value is -1.13. The van der Waals surface area contributed by atoms with Crippen molar-refractivity contribution in [2.45, 2.75) is 39.3 Å². The highest BCUT2D eigenvalue weighted by Gasteiger charge is 2.20. The van der Waals surface area contributed by atoms with E-state index in [0.717, 1.165) is 6.42 Å². The van der Waals surface area contributed by atoms with Crippen LogP contribution in [0.1, 0.15) is 25.8 Å². The Labute approximate surface area is 108 Å². The summed E-state index contributed by atoms with van der Waals surface area (Å²) >= 11 is 0. The standard InChI is InChI=1S/C14H22FNO2/c1-9(2)6-13(16)14(8-17)18-11-4-5-12(15)10(3)7-11/h4-5,7,9,13-14,17H,6,8,16H2,1-3H3. The Morgan fingerprint density at radius 2 is 2.06 bits per heavy atom. The molecule has 0 saturated heterocycles. The summed E-state index contributed by atoms with van der Waals surface area (Å²) in [7, 11) is 0. The van der Waals surface area contributed by atoms with Gasteiger partial charge in [-0.25, -0.2) is 4.39 Å². The van der Waals surface area contributed by atoms with Crippen molar-refractivity contribution >= 4 is 0 Å². The summed E-state index contributed by atoms with van der Waals surface area (Å²) in [5.41, 5.74) is 6.50. The van der Waals surface area contributed by atoms with Crippen LogP contribution in [0.25, 0.3) is 0 Å². The van der Waals surface area contributed by atoms with Crippen LogP contribution in [0.15, 0.2) is 18.2 Å². The van der Waals surface area contributed by atoms with Gasteiger partial charge in [0.05, 0.1) is 6.61 Å². The molecule has 18 heavy (non-hydrogen) atoms. The smallest absolute Gasteiger partial charge is 0.137 e. The molecule has 2 atom stereocenters. The molecule has 3 N–H and O–H groups in total. The number of benzene rings is 1. The van der Waals surface area contributed by atoms with Gasteiger partial charge in [-0.2, -0.15) is 0 Å². The maximum atomic E-state index is 13.1. The number of nitrogens with two attached hydrogens (primary N) is 1. The minimum Gasteiger partial charge on any atom is -0.486 e. The van der Waals surface area contributed by atoms with Gasteiger partial charge in [-0.1, -0.05) is 13.8 Å². The predicted molar refractivity (Wildman–Crippen MR) is 70.1 cm³/mol. The van der Waals surface area contributed by atoms with Gasteiger partial charge in [0, 0.05) is 6.04 Å². The number of ether oxygens (including phenoxy) is 1. The highest BCUT2D eigenvalue weighted by molar-refractivity contribution is 5.29. The summed E-state index contributed by atoms with van der Waals surface area (Å²) in [4.78, 5) is 0. The van der Waals surface area contributed by atoms with Crippen LogP contribution >= 0.6 is 0 Å². The van der Waals surface area contributed by atoms with E-state index < -0.39 is 6.10 Å². The molecule has 0 fully saturated rings. The lowest BCUT2D eigenvalue weighted by molar-refractivity contribution is 0.0880. The van der Waals surface area contributed by atoms with E-state index >= 15 is 0 Å². The van der Waals surface area contributed by atoms with Crippen LogP contribution in [0.3, 0.4) is 0 Å². The maximum Gasteiger partial charge on any atom is 0.137 e. The third-order valence-electron chi connectivity index (χ3n) is 2.82. The average Bonchev–Trinajstić information content (AvgIpc) is 2.29. The van der Waals surface area contributed by atoms with Crippen molar-refractivity contribution < 1.29 is 14.2 Å². The number of rotatable bonds is 6. The van der Waals surface area contributed by atoms with E-state index in [1.165, 1.54) is 6.07 Å². The van der Waals surface area contributed by atoms with Crippen molar-refractivity contribution in [3.05, 3.63) is 29.6 Å². The topological polar surface area (TPSA) is 55.5 Å². The van der Waals surface area contributed by atoms with Crippen molar-refractivity contribution in [3.63, 3.8) is 0 Å². The van der Waals surface area contributed by atoms with E-state index in [1.807, 2.05) is 0 Å². The highest BCUT2D eigenvalue weighted by atomic mass is 19.1. The number of aryl methyl sites for hydroxylation is 1. The van der Waals surface area contributed by atoms with Crippen molar-refractivity contribution in [3.8, 4) is 5.75 Å². The number of halogens is 1. The quantitative estimate of drug-likeness (QED) is 0.819. The minimum atomic E-state index is -0.461. The second-order valence-corrected chi connectivity index (χ2v) is 5.04. The summed E-state index contributed by atoms with van der Waals surface area (Å²) in [6.07, 6.45) is 0.308. The van der Waals surface area contributed by atoms with Crippen LogP contribution < -0.4 is 10.5 Å². The second-order valence-electron chi connectivity index (χ2n) is 5.04. The number of aliphatic hydroxyl groups excluding tert-OH is 1. The first-order valence-corrected chi connectivity index (χ1v) is 6.23. The molecule has 2 unspecified atom stereocenters. The zero-order chi connectivity index (χ0) is 13.7. The molecule has 0 heterocycles. The Balaban J connectivity index is 2.70. The zero-order valence-corrected chi connectivity index (χ0v) is 11.2. The largest absolute Gasteiger partial charge is 0.486 e. The van der Waals surface area contributed by atoms with Gasteiger partial charge in [-0.15, -0.1) is 0 Å². The van der Waals surface area contributed by atoms with Gasteiger partial charge < -0.3 is 15.6 Å². The van der Waals surface area contributed by atoms with Crippen molar-refractivity contribution in [1.82, 2.24) is 0 Å². The zero-order valence-electron chi connectivity index (χ0n) is 11.2. The average molecular weight is 255 g/mol. The fraction of sp³-hybridized carbons (Fsp3) is 0.571. The number of hydrogen-bond acceptors (Lipinski definition) is 3. The monoisotopic (exact) mass is 255 g/mol. The normalized spacial score (nSPS) is 14.6. The maximum absolute atomic E-state index is 13.1. The molecule has 0 aliphatic rings. The summed E-state index contributed by atoms with van der Waals surface area (Å²) in [6, 6.07) is 4.28. The van der Waals surface area contributed by atoms with Crippen molar-refractivity contribution in [1.29, 1.82) is 0 Å². The first kappa shape index (κ1) is 14.9. The Kier molecular flexibility index (Phi) is 5.56. The molecule has 4 heteroatoms. The second kappa shape index (κ2) is 6.71. The van der Waals surface area contributed by atoms with Gasteiger partial charge >= 0.3 is 0 Å². The van der Waals surface area contributed by atoms with E-state index in [0.29, 0.717) is 17.2 Å². The Morgan fingerprint density at radius 3 is 2.56 bits per heavy atom. The third-order valence-corrected chi connectivity index (χ3v) is 2.82.